The highest BCUT2D eigenvalue weighted by molar-refractivity contribution is 6.99. The molecule has 1 aromatic heterocycles. The van der Waals surface area contributed by atoms with Crippen LogP contribution in [0.4, 0.5) is 28.6 Å². The lowest BCUT2D eigenvalue weighted by Crippen LogP contribution is -2.61. The van der Waals surface area contributed by atoms with Gasteiger partial charge in [-0.05, 0) is 229 Å². The van der Waals surface area contributed by atoms with Gasteiger partial charge >= 0.3 is 0 Å². The molecule has 15 rings (SSSR count). The Hall–Kier alpha value is -4.96. The summed E-state index contributed by atoms with van der Waals surface area (Å²) in [6.45, 7) is 45.6. The summed E-state index contributed by atoms with van der Waals surface area (Å²) in [4.78, 5) is 5.63. The van der Waals surface area contributed by atoms with Gasteiger partial charge in [-0.15, -0.1) is 0 Å². The molecular weight excluding hydrogens is 980 g/mol. The topological polar surface area (TPSA) is 19.6 Å². The lowest BCUT2D eigenvalue weighted by atomic mass is 9.32. The molecule has 81 heavy (non-hydrogen) atoms. The molecule has 6 aromatic rings. The maximum atomic E-state index is 8.05. The minimum absolute atomic E-state index is 0.0169. The summed E-state index contributed by atoms with van der Waals surface area (Å²) in [6, 6.07) is 36.5. The molecule has 0 amide bonds. The van der Waals surface area contributed by atoms with E-state index in [1.807, 2.05) is 0 Å². The van der Waals surface area contributed by atoms with E-state index in [4.69, 9.17) is 4.42 Å². The first-order chi connectivity index (χ1) is 37.8. The van der Waals surface area contributed by atoms with E-state index >= 15 is 0 Å². The molecule has 3 nitrogen and oxygen atoms in total. The van der Waals surface area contributed by atoms with E-state index in [0.717, 1.165) is 18.7 Å². The van der Waals surface area contributed by atoms with Gasteiger partial charge in [0.15, 0.2) is 5.88 Å². The third-order valence-corrected chi connectivity index (χ3v) is 25.5. The molecular formula is C77H95BN2O. The second kappa shape index (κ2) is 16.1. The van der Waals surface area contributed by atoms with Crippen LogP contribution in [0.1, 0.15) is 286 Å². The van der Waals surface area contributed by atoms with Crippen LogP contribution in [0.5, 0.6) is 0 Å². The number of para-hydroxylation sites is 1. The highest BCUT2D eigenvalue weighted by atomic mass is 16.4. The van der Waals surface area contributed by atoms with Crippen molar-refractivity contribution in [3.63, 3.8) is 0 Å². The summed E-state index contributed by atoms with van der Waals surface area (Å²) >= 11 is 0. The third-order valence-electron chi connectivity index (χ3n) is 25.5. The second-order valence-corrected chi connectivity index (χ2v) is 34.1. The third kappa shape index (κ3) is 6.95. The second-order valence-electron chi connectivity index (χ2n) is 34.1. The summed E-state index contributed by atoms with van der Waals surface area (Å²) < 4.78 is 8.05. The monoisotopic (exact) mass is 1070 g/mol. The summed E-state index contributed by atoms with van der Waals surface area (Å²) in [7, 11) is 0. The maximum absolute atomic E-state index is 8.05. The van der Waals surface area contributed by atoms with Crippen molar-refractivity contribution in [2.45, 2.75) is 274 Å². The first kappa shape index (κ1) is 52.8. The summed E-state index contributed by atoms with van der Waals surface area (Å²) in [5.41, 5.74) is 27.2. The fourth-order valence-electron chi connectivity index (χ4n) is 19.6. The van der Waals surface area contributed by atoms with Crippen LogP contribution in [-0.2, 0) is 48.7 Å². The normalized spacial score (nSPS) is 29.7. The Labute approximate surface area is 488 Å². The Morgan fingerprint density at radius 3 is 1.59 bits per heavy atom. The number of hydrogen-bond donors (Lipinski definition) is 0. The highest BCUT2D eigenvalue weighted by Gasteiger charge is 2.63. The molecule has 2 saturated carbocycles. The zero-order chi connectivity index (χ0) is 57.1. The van der Waals surface area contributed by atoms with Gasteiger partial charge in [0.25, 0.3) is 6.71 Å². The number of anilines is 5. The molecule has 422 valence electrons. The Kier molecular flexibility index (Phi) is 10.5. The molecule has 0 saturated heterocycles. The van der Waals surface area contributed by atoms with E-state index in [0.29, 0.717) is 17.8 Å². The Balaban J connectivity index is 1.09. The van der Waals surface area contributed by atoms with Crippen molar-refractivity contribution in [3.05, 3.63) is 152 Å². The van der Waals surface area contributed by atoms with Gasteiger partial charge in [-0.1, -0.05) is 191 Å². The van der Waals surface area contributed by atoms with Gasteiger partial charge in [0.05, 0.1) is 5.54 Å². The first-order valence-electron chi connectivity index (χ1n) is 32.4. The minimum Gasteiger partial charge on any atom is -0.444 e. The Morgan fingerprint density at radius 1 is 0.407 bits per heavy atom. The van der Waals surface area contributed by atoms with Crippen LogP contribution in [0.3, 0.4) is 0 Å². The van der Waals surface area contributed by atoms with Gasteiger partial charge in [0.1, 0.15) is 5.76 Å². The van der Waals surface area contributed by atoms with Crippen LogP contribution in [0.15, 0.2) is 89.3 Å². The molecule has 2 unspecified atom stereocenters. The van der Waals surface area contributed by atoms with Crippen LogP contribution in [0.2, 0.25) is 0 Å². The Morgan fingerprint density at radius 2 is 0.938 bits per heavy atom. The van der Waals surface area contributed by atoms with Crippen LogP contribution in [-0.4, -0.2) is 12.3 Å². The zero-order valence-electron chi connectivity index (χ0n) is 53.2. The van der Waals surface area contributed by atoms with Gasteiger partial charge in [-0.3, -0.25) is 4.90 Å². The van der Waals surface area contributed by atoms with E-state index in [9.17, 15) is 0 Å². The minimum atomic E-state index is -0.118. The van der Waals surface area contributed by atoms with Gasteiger partial charge in [0, 0.05) is 33.6 Å². The first-order valence-corrected chi connectivity index (χ1v) is 32.4. The average Bonchev–Trinajstić information content (AvgIpc) is 1.71. The molecule has 0 N–H and O–H groups in total. The van der Waals surface area contributed by atoms with Crippen molar-refractivity contribution in [2.24, 2.45) is 0 Å². The van der Waals surface area contributed by atoms with E-state index in [1.165, 1.54) is 120 Å². The molecule has 9 aliphatic rings. The molecule has 3 aliphatic heterocycles. The fourth-order valence-corrected chi connectivity index (χ4v) is 19.6. The van der Waals surface area contributed by atoms with Crippen molar-refractivity contribution in [1.82, 2.24) is 0 Å². The largest absolute Gasteiger partial charge is 0.444 e. The van der Waals surface area contributed by atoms with Gasteiger partial charge in [-0.25, -0.2) is 0 Å². The van der Waals surface area contributed by atoms with E-state index in [1.54, 1.807) is 49.9 Å². The Bertz CT molecular complexity index is 3720. The highest BCUT2D eigenvalue weighted by Crippen LogP contribution is 2.70. The molecule has 0 radical (unpaired) electrons. The van der Waals surface area contributed by atoms with Crippen molar-refractivity contribution in [2.75, 3.05) is 9.80 Å². The SMILES string of the molecule is CC1(C)CCC(C)(C)c2cc(C3[C@H]4c5cc6c(cc5B5c7c(cc(N8c9ccccc9C9(C)CCCC[C@]89C)cc7N(c7ccc8c(c7)C(C)(C)CCC8(C)C)c7oc8c(c75)C(C)(C)CCC8(C)C)[C@@H]34)C(C)(C)CCC6(C)C)ccc21. The van der Waals surface area contributed by atoms with Crippen molar-refractivity contribution in [1.29, 1.82) is 0 Å². The van der Waals surface area contributed by atoms with Gasteiger partial charge < -0.3 is 9.32 Å². The number of fused-ring (bicyclic) bond motifs is 15. The van der Waals surface area contributed by atoms with Crippen molar-refractivity contribution < 1.29 is 4.42 Å². The lowest BCUT2D eigenvalue weighted by Gasteiger charge is -2.50. The molecule has 5 atom stereocenters. The van der Waals surface area contributed by atoms with Crippen LogP contribution < -0.4 is 26.2 Å². The van der Waals surface area contributed by atoms with Crippen molar-refractivity contribution >= 4 is 51.7 Å². The van der Waals surface area contributed by atoms with Gasteiger partial charge in [-0.2, -0.15) is 0 Å². The van der Waals surface area contributed by atoms with E-state index in [2.05, 4.69) is 219 Å². The zero-order valence-corrected chi connectivity index (χ0v) is 53.2. The number of nitrogens with zero attached hydrogens (tertiary/aromatic N) is 2. The van der Waals surface area contributed by atoms with Crippen molar-refractivity contribution in [3.8, 4) is 0 Å². The van der Waals surface area contributed by atoms with Gasteiger partial charge in [0.2, 0.25) is 0 Å². The molecule has 2 fully saturated rings. The maximum Gasteiger partial charge on any atom is 0.252 e. The quantitative estimate of drug-likeness (QED) is 0.164. The van der Waals surface area contributed by atoms with Crippen LogP contribution in [0, 0.1) is 0 Å². The van der Waals surface area contributed by atoms with E-state index < -0.39 is 0 Å². The average molecular weight is 1080 g/mol. The van der Waals surface area contributed by atoms with Crippen LogP contribution >= 0.6 is 0 Å². The fraction of sp³-hybridized carbons (Fsp3) is 0.558. The molecule has 0 spiro atoms. The summed E-state index contributed by atoms with van der Waals surface area (Å²) in [5.74, 6) is 3.28. The number of benzene rings is 5. The molecule has 0 bridgehead atoms. The van der Waals surface area contributed by atoms with Crippen LogP contribution in [0.25, 0.3) is 0 Å². The number of furan rings is 1. The molecule has 4 heterocycles. The van der Waals surface area contributed by atoms with E-state index in [-0.39, 0.29) is 61.0 Å². The standard InChI is InChI=1S/C77H95BN2O/c1-68(2)31-33-70(5,6)53-39-45(25-27-50(53)68)60-61-48-43-55-56(73(11,12)36-35-72(55,9)10)44-57(48)78-64-49(62(60)61)40-47(80-58-24-20-19-23-52(58)76(17)29-21-22-30-77(76,80)18)42-59(64)79(46-26-28-51-54(41-46)71(7,8)34-32-69(51,3)4)67-65(78)63-66(81-67)75(15,16)38-37-74(63,13)14/h19-20,23-28,39-44,60-62H,21-22,29-38H2,1-18H3/t60?,61-,62+,76?,77+/m1/s1. The number of rotatable bonds is 3. The predicted molar refractivity (Wildman–Crippen MR) is 343 cm³/mol. The predicted octanol–water partition coefficient (Wildman–Crippen LogP) is 18.7. The number of hydrogen-bond acceptors (Lipinski definition) is 3. The summed E-state index contributed by atoms with van der Waals surface area (Å²) in [5, 5.41) is 0. The lowest BCUT2D eigenvalue weighted by molar-refractivity contribution is 0.195. The molecule has 5 aromatic carbocycles. The molecule has 4 heteroatoms. The smallest absolute Gasteiger partial charge is 0.252 e. The summed E-state index contributed by atoms with van der Waals surface area (Å²) in [6.07, 6.45) is 14.4. The molecule has 6 aliphatic carbocycles.